The smallest absolute Gasteiger partial charge is 0.234 e. The molecule has 1 amide bonds. The normalized spacial score (nSPS) is 13.5. The van der Waals surface area contributed by atoms with E-state index >= 15 is 0 Å². The van der Waals surface area contributed by atoms with Crippen LogP contribution >= 0.6 is 23.4 Å². The summed E-state index contributed by atoms with van der Waals surface area (Å²) in [6.45, 7) is 3.41. The molecule has 1 fully saturated rings. The Labute approximate surface area is 208 Å². The number of ether oxygens (including phenoxy) is 2. The third-order valence-corrected chi connectivity index (χ3v) is 6.60. The van der Waals surface area contributed by atoms with E-state index in [0.29, 0.717) is 21.5 Å². The lowest BCUT2D eigenvalue weighted by Crippen LogP contribution is -2.47. The molecular weight excluding hydrogens is 474 g/mol. The third-order valence-electron chi connectivity index (χ3n) is 5.44. The average molecular weight is 500 g/mol. The first kappa shape index (κ1) is 24.0. The van der Waals surface area contributed by atoms with Gasteiger partial charge in [0.1, 0.15) is 16.5 Å². The summed E-state index contributed by atoms with van der Waals surface area (Å²) in [5.74, 6) is 2.29. The Morgan fingerprint density at radius 2 is 1.71 bits per heavy atom. The molecule has 8 nitrogen and oxygen atoms in total. The number of hydrogen-bond acceptors (Lipinski definition) is 8. The maximum Gasteiger partial charge on any atom is 0.234 e. The van der Waals surface area contributed by atoms with Crippen LogP contribution in [0.2, 0.25) is 5.02 Å². The number of benzene rings is 2. The van der Waals surface area contributed by atoms with Crippen LogP contribution in [0.5, 0.6) is 11.5 Å². The molecule has 0 radical (unpaired) electrons. The highest BCUT2D eigenvalue weighted by atomic mass is 35.5. The van der Waals surface area contributed by atoms with Crippen molar-refractivity contribution in [2.24, 2.45) is 0 Å². The number of nitrogens with zero attached hydrogens (tertiary/aromatic N) is 4. The molecule has 178 valence electrons. The summed E-state index contributed by atoms with van der Waals surface area (Å²) < 4.78 is 10.8. The molecule has 3 aromatic rings. The zero-order chi connectivity index (χ0) is 23.9. The number of methoxy groups -OCH3 is 2. The van der Waals surface area contributed by atoms with Crippen LogP contribution in [0, 0.1) is 0 Å². The summed E-state index contributed by atoms with van der Waals surface area (Å²) in [5.41, 5.74) is 1.64. The Morgan fingerprint density at radius 3 is 2.41 bits per heavy atom. The average Bonchev–Trinajstić information content (AvgIpc) is 2.88. The summed E-state index contributed by atoms with van der Waals surface area (Å²) in [5, 5.41) is 12.7. The Bertz CT molecular complexity index is 1120. The second kappa shape index (κ2) is 11.3. The van der Waals surface area contributed by atoms with Crippen molar-refractivity contribution in [3.8, 4) is 11.5 Å². The number of rotatable bonds is 8. The first-order valence-corrected chi connectivity index (χ1v) is 12.2. The molecular formula is C24H26ClN5O3S. The fourth-order valence-electron chi connectivity index (χ4n) is 3.73. The monoisotopic (exact) mass is 499 g/mol. The van der Waals surface area contributed by atoms with Crippen molar-refractivity contribution in [3.05, 3.63) is 59.6 Å². The van der Waals surface area contributed by atoms with Crippen molar-refractivity contribution in [1.29, 1.82) is 0 Å². The Kier molecular flexibility index (Phi) is 7.97. The Hall–Kier alpha value is -3.17. The van der Waals surface area contributed by atoms with Gasteiger partial charge in [-0.3, -0.25) is 4.79 Å². The van der Waals surface area contributed by atoms with Crippen molar-refractivity contribution in [2.45, 2.75) is 5.03 Å². The van der Waals surface area contributed by atoms with Crippen LogP contribution < -0.4 is 24.6 Å². The fourth-order valence-corrected chi connectivity index (χ4v) is 4.52. The molecule has 10 heteroatoms. The summed E-state index contributed by atoms with van der Waals surface area (Å²) >= 11 is 7.34. The van der Waals surface area contributed by atoms with Crippen LogP contribution in [0.1, 0.15) is 0 Å². The number of carbonyl (C=O) groups is 1. The molecule has 1 aliphatic rings. The van der Waals surface area contributed by atoms with Gasteiger partial charge in [-0.1, -0.05) is 35.5 Å². The molecule has 2 heterocycles. The zero-order valence-corrected chi connectivity index (χ0v) is 20.6. The minimum absolute atomic E-state index is 0.177. The highest BCUT2D eigenvalue weighted by molar-refractivity contribution is 7.99. The number of nitrogens with one attached hydrogen (secondary N) is 1. The molecule has 0 aliphatic carbocycles. The van der Waals surface area contributed by atoms with Gasteiger partial charge in [0.25, 0.3) is 0 Å². The third kappa shape index (κ3) is 5.84. The number of amides is 1. The summed E-state index contributed by atoms with van der Waals surface area (Å²) in [6, 6.07) is 17.0. The lowest BCUT2D eigenvalue weighted by molar-refractivity contribution is -0.113. The molecule has 1 N–H and O–H groups in total. The van der Waals surface area contributed by atoms with Crippen molar-refractivity contribution in [3.63, 3.8) is 0 Å². The molecule has 0 bridgehead atoms. The van der Waals surface area contributed by atoms with E-state index in [-0.39, 0.29) is 11.7 Å². The molecule has 2 aromatic carbocycles. The molecule has 1 saturated heterocycles. The molecule has 0 spiro atoms. The van der Waals surface area contributed by atoms with E-state index in [1.165, 1.54) is 11.8 Å². The number of para-hydroxylation sites is 2. The highest BCUT2D eigenvalue weighted by Crippen LogP contribution is 2.30. The van der Waals surface area contributed by atoms with Crippen LogP contribution in [0.3, 0.4) is 0 Å². The Balaban J connectivity index is 1.28. The first-order valence-electron chi connectivity index (χ1n) is 10.8. The topological polar surface area (TPSA) is 79.8 Å². The van der Waals surface area contributed by atoms with Gasteiger partial charge >= 0.3 is 0 Å². The van der Waals surface area contributed by atoms with E-state index < -0.39 is 0 Å². The zero-order valence-electron chi connectivity index (χ0n) is 19.0. The number of halogens is 1. The lowest BCUT2D eigenvalue weighted by Gasteiger charge is -2.37. The fraction of sp³-hybridized carbons (Fsp3) is 0.292. The molecule has 34 heavy (non-hydrogen) atoms. The van der Waals surface area contributed by atoms with Crippen LogP contribution in [-0.4, -0.2) is 62.3 Å². The van der Waals surface area contributed by atoms with Crippen molar-refractivity contribution in [1.82, 2.24) is 10.2 Å². The van der Waals surface area contributed by atoms with Gasteiger partial charge in [0.05, 0.1) is 31.3 Å². The van der Waals surface area contributed by atoms with Gasteiger partial charge in [-0.15, -0.1) is 10.2 Å². The summed E-state index contributed by atoms with van der Waals surface area (Å²) in [7, 11) is 3.24. The van der Waals surface area contributed by atoms with E-state index in [1.807, 2.05) is 30.3 Å². The van der Waals surface area contributed by atoms with E-state index in [9.17, 15) is 4.79 Å². The van der Waals surface area contributed by atoms with Gasteiger partial charge in [0.15, 0.2) is 5.82 Å². The van der Waals surface area contributed by atoms with E-state index in [2.05, 4.69) is 31.4 Å². The number of carbonyl (C=O) groups excluding carboxylic acids is 1. The first-order chi connectivity index (χ1) is 16.6. The molecule has 0 saturated carbocycles. The maximum atomic E-state index is 12.4. The van der Waals surface area contributed by atoms with Gasteiger partial charge in [-0.25, -0.2) is 0 Å². The summed E-state index contributed by atoms with van der Waals surface area (Å²) in [6.07, 6.45) is 0. The molecule has 1 aromatic heterocycles. The number of piperazine rings is 1. The van der Waals surface area contributed by atoms with Gasteiger partial charge in [-0.2, -0.15) is 0 Å². The van der Waals surface area contributed by atoms with Crippen LogP contribution in [-0.2, 0) is 4.79 Å². The van der Waals surface area contributed by atoms with Crippen LogP contribution in [0.4, 0.5) is 17.2 Å². The Morgan fingerprint density at radius 1 is 0.971 bits per heavy atom. The predicted octanol–water partition coefficient (Wildman–Crippen LogP) is 4.20. The van der Waals surface area contributed by atoms with Crippen molar-refractivity contribution < 1.29 is 14.3 Å². The lowest BCUT2D eigenvalue weighted by atomic mass is 10.2. The minimum atomic E-state index is -0.177. The van der Waals surface area contributed by atoms with Crippen molar-refractivity contribution >= 4 is 46.5 Å². The molecule has 4 rings (SSSR count). The number of thioether (sulfide) groups is 1. The van der Waals surface area contributed by atoms with Crippen molar-refractivity contribution in [2.75, 3.05) is 61.3 Å². The second-order valence-corrected chi connectivity index (χ2v) is 8.99. The molecule has 1 aliphatic heterocycles. The number of anilines is 3. The minimum Gasteiger partial charge on any atom is -0.495 e. The van der Waals surface area contributed by atoms with Crippen LogP contribution in [0.15, 0.2) is 59.6 Å². The quantitative estimate of drug-likeness (QED) is 0.462. The second-order valence-electron chi connectivity index (χ2n) is 7.56. The number of hydrogen-bond donors (Lipinski definition) is 1. The largest absolute Gasteiger partial charge is 0.495 e. The molecule has 0 unspecified atom stereocenters. The van der Waals surface area contributed by atoms with Gasteiger partial charge in [0, 0.05) is 31.2 Å². The highest BCUT2D eigenvalue weighted by Gasteiger charge is 2.21. The van der Waals surface area contributed by atoms with E-state index in [4.69, 9.17) is 21.1 Å². The predicted molar refractivity (Wildman–Crippen MR) is 137 cm³/mol. The van der Waals surface area contributed by atoms with E-state index in [0.717, 1.165) is 43.4 Å². The number of aromatic nitrogens is 2. The van der Waals surface area contributed by atoms with Gasteiger partial charge < -0.3 is 24.6 Å². The summed E-state index contributed by atoms with van der Waals surface area (Å²) in [4.78, 5) is 16.9. The van der Waals surface area contributed by atoms with E-state index in [1.54, 1.807) is 32.4 Å². The SMILES string of the molecule is COc1ccc(Cl)cc1NC(=O)CSc1ccc(N2CCN(c3ccccc3OC)CC2)nn1. The van der Waals surface area contributed by atoms with Gasteiger partial charge in [-0.05, 0) is 42.5 Å². The maximum absolute atomic E-state index is 12.4. The standard InChI is InChI=1S/C24H26ClN5O3S/c1-32-20-8-7-17(25)15-18(20)26-23(31)16-34-24-10-9-22(27-28-24)30-13-11-29(12-14-30)19-5-3-4-6-21(19)33-2/h3-10,15H,11-14,16H2,1-2H3,(H,26,31). The van der Waals surface area contributed by atoms with Crippen LogP contribution in [0.25, 0.3) is 0 Å². The molecule has 0 atom stereocenters. The van der Waals surface area contributed by atoms with Gasteiger partial charge in [0.2, 0.25) is 5.91 Å².